The van der Waals surface area contributed by atoms with Crippen LogP contribution >= 0.6 is 0 Å². The Bertz CT molecular complexity index is 721. The summed E-state index contributed by atoms with van der Waals surface area (Å²) in [6.45, 7) is 0.412. The highest BCUT2D eigenvalue weighted by Gasteiger charge is 2.39. The SMILES string of the molecule is CN(C)c1ncccc1CNC(=O)C1NNC(N)C1c1ccccc1. The van der Waals surface area contributed by atoms with Crippen molar-refractivity contribution >= 4 is 11.7 Å². The summed E-state index contributed by atoms with van der Waals surface area (Å²) < 4.78 is 0. The number of pyridine rings is 1. The van der Waals surface area contributed by atoms with Gasteiger partial charge in [-0.25, -0.2) is 15.8 Å². The monoisotopic (exact) mass is 340 g/mol. The van der Waals surface area contributed by atoms with Gasteiger partial charge in [0.15, 0.2) is 0 Å². The normalized spacial score (nSPS) is 22.6. The average molecular weight is 340 g/mol. The maximum absolute atomic E-state index is 12.7. The highest BCUT2D eigenvalue weighted by molar-refractivity contribution is 5.83. The van der Waals surface area contributed by atoms with Crippen LogP contribution in [0.25, 0.3) is 0 Å². The van der Waals surface area contributed by atoms with E-state index in [0.717, 1.165) is 16.9 Å². The Hall–Kier alpha value is -2.48. The van der Waals surface area contributed by atoms with Crippen LogP contribution in [0.15, 0.2) is 48.7 Å². The molecule has 1 amide bonds. The molecule has 0 radical (unpaired) electrons. The predicted molar refractivity (Wildman–Crippen MR) is 97.6 cm³/mol. The van der Waals surface area contributed by atoms with Crippen molar-refractivity contribution < 1.29 is 4.79 Å². The van der Waals surface area contributed by atoms with Gasteiger partial charge in [0.25, 0.3) is 0 Å². The number of amides is 1. The number of benzene rings is 1. The number of rotatable bonds is 5. The lowest BCUT2D eigenvalue weighted by Gasteiger charge is -2.21. The van der Waals surface area contributed by atoms with Crippen molar-refractivity contribution in [2.24, 2.45) is 5.73 Å². The van der Waals surface area contributed by atoms with Crippen LogP contribution in [0.4, 0.5) is 5.82 Å². The van der Waals surface area contributed by atoms with E-state index in [0.29, 0.717) is 6.54 Å². The minimum Gasteiger partial charge on any atom is -0.362 e. The van der Waals surface area contributed by atoms with Gasteiger partial charge in [0, 0.05) is 38.3 Å². The van der Waals surface area contributed by atoms with Gasteiger partial charge in [-0.3, -0.25) is 4.79 Å². The van der Waals surface area contributed by atoms with E-state index in [1.54, 1.807) is 6.20 Å². The van der Waals surface area contributed by atoms with Gasteiger partial charge < -0.3 is 16.0 Å². The summed E-state index contributed by atoms with van der Waals surface area (Å²) in [5, 5.41) is 2.99. The standard InChI is InChI=1S/C18H24N6O/c1-24(2)17-13(9-6-10-20-17)11-21-18(25)15-14(16(19)23-22-15)12-7-4-3-5-8-12/h3-10,14-16,22-23H,11,19H2,1-2H3,(H,21,25). The molecular weight excluding hydrogens is 316 g/mol. The first kappa shape index (κ1) is 17.3. The van der Waals surface area contributed by atoms with Gasteiger partial charge in [-0.2, -0.15) is 0 Å². The molecule has 3 unspecified atom stereocenters. The molecule has 2 aromatic rings. The number of hydrogen-bond donors (Lipinski definition) is 4. The molecule has 7 nitrogen and oxygen atoms in total. The fourth-order valence-corrected chi connectivity index (χ4v) is 3.14. The third kappa shape index (κ3) is 3.79. The minimum absolute atomic E-state index is 0.0946. The van der Waals surface area contributed by atoms with Crippen LogP contribution in [0.2, 0.25) is 0 Å². The average Bonchev–Trinajstić information content (AvgIpc) is 3.02. The van der Waals surface area contributed by atoms with Crippen molar-refractivity contribution in [3.8, 4) is 0 Å². The molecule has 0 bridgehead atoms. The van der Waals surface area contributed by atoms with Gasteiger partial charge in [-0.1, -0.05) is 36.4 Å². The highest BCUT2D eigenvalue weighted by atomic mass is 16.2. The molecule has 1 aromatic heterocycles. The van der Waals surface area contributed by atoms with E-state index < -0.39 is 6.04 Å². The lowest BCUT2D eigenvalue weighted by atomic mass is 9.90. The quantitative estimate of drug-likeness (QED) is 0.626. The van der Waals surface area contributed by atoms with Gasteiger partial charge in [0.1, 0.15) is 11.9 Å². The second kappa shape index (κ2) is 7.60. The molecule has 7 heteroatoms. The maximum atomic E-state index is 12.7. The van der Waals surface area contributed by atoms with Crippen molar-refractivity contribution in [1.29, 1.82) is 0 Å². The third-order valence-corrected chi connectivity index (χ3v) is 4.36. The molecule has 3 atom stereocenters. The van der Waals surface area contributed by atoms with E-state index in [9.17, 15) is 4.79 Å². The van der Waals surface area contributed by atoms with E-state index in [-0.39, 0.29) is 18.0 Å². The largest absolute Gasteiger partial charge is 0.362 e. The maximum Gasteiger partial charge on any atom is 0.239 e. The Morgan fingerprint density at radius 2 is 1.96 bits per heavy atom. The summed E-state index contributed by atoms with van der Waals surface area (Å²) in [6.07, 6.45) is 1.42. The Morgan fingerprint density at radius 1 is 1.20 bits per heavy atom. The fourth-order valence-electron chi connectivity index (χ4n) is 3.14. The number of nitrogens with one attached hydrogen (secondary N) is 3. The molecular formula is C18H24N6O. The number of nitrogens with two attached hydrogens (primary N) is 1. The van der Waals surface area contributed by atoms with E-state index in [4.69, 9.17) is 5.73 Å². The number of carbonyl (C=O) groups excluding carboxylic acids is 1. The molecule has 1 aliphatic heterocycles. The van der Waals surface area contributed by atoms with Crippen LogP contribution in [0.5, 0.6) is 0 Å². The molecule has 2 heterocycles. The molecule has 3 rings (SSSR count). The Morgan fingerprint density at radius 3 is 2.68 bits per heavy atom. The summed E-state index contributed by atoms with van der Waals surface area (Å²) in [4.78, 5) is 19.0. The lowest BCUT2D eigenvalue weighted by molar-refractivity contribution is -0.123. The molecule has 25 heavy (non-hydrogen) atoms. The van der Waals surface area contributed by atoms with Crippen molar-refractivity contribution in [2.75, 3.05) is 19.0 Å². The molecule has 0 aliphatic carbocycles. The lowest BCUT2D eigenvalue weighted by Crippen LogP contribution is -2.45. The van der Waals surface area contributed by atoms with Crippen LogP contribution in [-0.4, -0.2) is 37.2 Å². The zero-order valence-corrected chi connectivity index (χ0v) is 14.4. The van der Waals surface area contributed by atoms with Crippen molar-refractivity contribution in [2.45, 2.75) is 24.7 Å². The summed E-state index contributed by atoms with van der Waals surface area (Å²) in [7, 11) is 3.86. The van der Waals surface area contributed by atoms with Crippen LogP contribution < -0.4 is 26.8 Å². The minimum atomic E-state index is -0.433. The van der Waals surface area contributed by atoms with Gasteiger partial charge >= 0.3 is 0 Å². The van der Waals surface area contributed by atoms with E-state index in [2.05, 4.69) is 21.2 Å². The highest BCUT2D eigenvalue weighted by Crippen LogP contribution is 2.25. The summed E-state index contributed by atoms with van der Waals surface area (Å²) in [5.74, 6) is 0.614. The first-order chi connectivity index (χ1) is 12.1. The van der Waals surface area contributed by atoms with Crippen molar-refractivity contribution in [3.63, 3.8) is 0 Å². The topological polar surface area (TPSA) is 95.3 Å². The zero-order chi connectivity index (χ0) is 17.8. The summed E-state index contributed by atoms with van der Waals surface area (Å²) in [6, 6.07) is 13.2. The van der Waals surface area contributed by atoms with Crippen LogP contribution in [0, 0.1) is 0 Å². The van der Waals surface area contributed by atoms with Gasteiger partial charge in [-0.05, 0) is 11.6 Å². The number of anilines is 1. The first-order valence-corrected chi connectivity index (χ1v) is 8.28. The fraction of sp³-hybridized carbons (Fsp3) is 0.333. The van der Waals surface area contributed by atoms with Crippen LogP contribution in [0.3, 0.4) is 0 Å². The van der Waals surface area contributed by atoms with Crippen molar-refractivity contribution in [1.82, 2.24) is 21.2 Å². The Labute approximate surface area is 147 Å². The first-order valence-electron chi connectivity index (χ1n) is 8.28. The molecule has 5 N–H and O–H groups in total. The molecule has 0 spiro atoms. The van der Waals surface area contributed by atoms with Gasteiger partial charge in [-0.15, -0.1) is 0 Å². The molecule has 1 fully saturated rings. The van der Waals surface area contributed by atoms with Crippen LogP contribution in [0.1, 0.15) is 17.0 Å². The Balaban J connectivity index is 1.71. The van der Waals surface area contributed by atoms with E-state index >= 15 is 0 Å². The van der Waals surface area contributed by atoms with E-state index in [1.807, 2.05) is 61.5 Å². The zero-order valence-electron chi connectivity index (χ0n) is 14.4. The van der Waals surface area contributed by atoms with Gasteiger partial charge in [0.05, 0.1) is 6.17 Å². The second-order valence-corrected chi connectivity index (χ2v) is 6.33. The Kier molecular flexibility index (Phi) is 5.28. The molecule has 1 saturated heterocycles. The molecule has 1 aliphatic rings. The van der Waals surface area contributed by atoms with Crippen LogP contribution in [-0.2, 0) is 11.3 Å². The second-order valence-electron chi connectivity index (χ2n) is 6.33. The number of carbonyl (C=O) groups is 1. The molecule has 1 aromatic carbocycles. The van der Waals surface area contributed by atoms with E-state index in [1.165, 1.54) is 0 Å². The van der Waals surface area contributed by atoms with Gasteiger partial charge in [0.2, 0.25) is 5.91 Å². The summed E-state index contributed by atoms with van der Waals surface area (Å²) >= 11 is 0. The number of hydrazine groups is 1. The molecule has 132 valence electrons. The van der Waals surface area contributed by atoms with Crippen molar-refractivity contribution in [3.05, 3.63) is 59.8 Å². The number of hydrogen-bond acceptors (Lipinski definition) is 6. The predicted octanol–water partition coefficient (Wildman–Crippen LogP) is 0.309. The third-order valence-electron chi connectivity index (χ3n) is 4.36. The summed E-state index contributed by atoms with van der Waals surface area (Å²) in [5.41, 5.74) is 14.1. The number of aromatic nitrogens is 1. The smallest absolute Gasteiger partial charge is 0.239 e. The number of nitrogens with zero attached hydrogens (tertiary/aromatic N) is 2. The molecule has 0 saturated carbocycles.